The van der Waals surface area contributed by atoms with Crippen molar-refractivity contribution in [3.63, 3.8) is 0 Å². The Kier molecular flexibility index (Phi) is 8.19. The van der Waals surface area contributed by atoms with Crippen LogP contribution in [0.1, 0.15) is 107 Å². The topological polar surface area (TPSA) is 107 Å². The number of aliphatic hydroxyl groups is 1. The van der Waals surface area contributed by atoms with Crippen LogP contribution in [0.5, 0.6) is 0 Å². The fraction of sp³-hybridized carbons (Fsp3) is 0.879. The molecule has 6 unspecified atom stereocenters. The van der Waals surface area contributed by atoms with Gasteiger partial charge in [0.25, 0.3) is 0 Å². The van der Waals surface area contributed by atoms with E-state index in [4.69, 9.17) is 9.47 Å². The van der Waals surface area contributed by atoms with Crippen LogP contribution in [0.25, 0.3) is 0 Å². The molecule has 1 N–H and O–H groups in total. The van der Waals surface area contributed by atoms with Crippen molar-refractivity contribution in [1.29, 1.82) is 0 Å². The fourth-order valence-electron chi connectivity index (χ4n) is 10.5. The van der Waals surface area contributed by atoms with Gasteiger partial charge in [-0.05, 0) is 99.2 Å². The molecule has 0 saturated heterocycles. The summed E-state index contributed by atoms with van der Waals surface area (Å²) < 4.78 is 10.9. The van der Waals surface area contributed by atoms with Crippen molar-refractivity contribution in [1.82, 2.24) is 0 Å². The molecule has 0 aromatic rings. The van der Waals surface area contributed by atoms with Gasteiger partial charge >= 0.3 is 11.9 Å². The van der Waals surface area contributed by atoms with Gasteiger partial charge in [0.2, 0.25) is 0 Å². The summed E-state index contributed by atoms with van der Waals surface area (Å²) in [5.41, 5.74) is -2.83. The molecule has 7 heteroatoms. The summed E-state index contributed by atoms with van der Waals surface area (Å²) in [6.45, 7) is 15.0. The molecule has 4 aliphatic rings. The standard InChI is InChI=1S/C33H52O7/c1-18(19(2)30(4,5)40-20(3)34)27(29(37)39-9)33(8,38)28-26(36)17-25-23-11-10-21-16-22(35)12-14-31(21,6)24(23)13-15-32(25,28)7/h18-19,21,23-25,27-28,38H,10-17H2,1-9H3/t18-,19-,21?,23?,24?,25?,27?,28?,31-,32-,33-/m0/s1. The lowest BCUT2D eigenvalue weighted by Gasteiger charge is -2.60. The van der Waals surface area contributed by atoms with Crippen LogP contribution in [0.3, 0.4) is 0 Å². The molecule has 0 aliphatic heterocycles. The van der Waals surface area contributed by atoms with Crippen LogP contribution in [-0.2, 0) is 28.7 Å². The monoisotopic (exact) mass is 560 g/mol. The van der Waals surface area contributed by atoms with E-state index in [1.807, 2.05) is 27.7 Å². The highest BCUT2D eigenvalue weighted by Crippen LogP contribution is 2.68. The molecule has 4 rings (SSSR count). The van der Waals surface area contributed by atoms with Gasteiger partial charge in [-0.3, -0.25) is 19.2 Å². The third-order valence-corrected chi connectivity index (χ3v) is 12.8. The average Bonchev–Trinajstić information content (AvgIpc) is 3.13. The van der Waals surface area contributed by atoms with Crippen molar-refractivity contribution in [3.8, 4) is 0 Å². The molecule has 4 aliphatic carbocycles. The molecule has 0 aromatic carbocycles. The molecule has 0 heterocycles. The highest BCUT2D eigenvalue weighted by Gasteiger charge is 2.67. The summed E-state index contributed by atoms with van der Waals surface area (Å²) >= 11 is 0. The largest absolute Gasteiger partial charge is 0.469 e. The first-order chi connectivity index (χ1) is 18.4. The minimum atomic E-state index is -1.64. The Balaban J connectivity index is 1.66. The van der Waals surface area contributed by atoms with Gasteiger partial charge in [-0.15, -0.1) is 0 Å². The quantitative estimate of drug-likeness (QED) is 0.407. The van der Waals surface area contributed by atoms with Crippen molar-refractivity contribution in [3.05, 3.63) is 0 Å². The van der Waals surface area contributed by atoms with Crippen molar-refractivity contribution in [2.45, 2.75) is 118 Å². The molecule has 0 spiro atoms. The summed E-state index contributed by atoms with van der Waals surface area (Å²) in [7, 11) is 1.32. The maximum Gasteiger partial charge on any atom is 0.311 e. The van der Waals surface area contributed by atoms with Gasteiger partial charge in [-0.2, -0.15) is 0 Å². The van der Waals surface area contributed by atoms with Crippen LogP contribution in [-0.4, -0.2) is 46.9 Å². The molecule has 0 amide bonds. The van der Waals surface area contributed by atoms with Crippen LogP contribution < -0.4 is 0 Å². The predicted molar refractivity (Wildman–Crippen MR) is 151 cm³/mol. The Bertz CT molecular complexity index is 1050. The van der Waals surface area contributed by atoms with Crippen molar-refractivity contribution >= 4 is 23.5 Å². The lowest BCUT2D eigenvalue weighted by atomic mass is 9.44. The van der Waals surface area contributed by atoms with E-state index in [-0.39, 0.29) is 23.0 Å². The van der Waals surface area contributed by atoms with E-state index >= 15 is 0 Å². The minimum Gasteiger partial charge on any atom is -0.469 e. The number of carbonyl (C=O) groups excluding carboxylic acids is 4. The number of rotatable bonds is 7. The van der Waals surface area contributed by atoms with E-state index < -0.39 is 46.3 Å². The number of Topliss-reactive ketones (excluding diaryl/α,β-unsaturated/α-hetero) is 2. The molecule has 4 fully saturated rings. The first-order valence-electron chi connectivity index (χ1n) is 15.5. The zero-order valence-corrected chi connectivity index (χ0v) is 26.2. The Labute approximate surface area is 240 Å². The van der Waals surface area contributed by atoms with Gasteiger partial charge < -0.3 is 14.6 Å². The molecule has 226 valence electrons. The third kappa shape index (κ3) is 4.86. The van der Waals surface area contributed by atoms with Crippen LogP contribution in [0.15, 0.2) is 0 Å². The van der Waals surface area contributed by atoms with Gasteiger partial charge in [0, 0.05) is 26.2 Å². The zero-order valence-electron chi connectivity index (χ0n) is 26.2. The van der Waals surface area contributed by atoms with Gasteiger partial charge in [-0.25, -0.2) is 0 Å². The van der Waals surface area contributed by atoms with Gasteiger partial charge in [-0.1, -0.05) is 27.7 Å². The summed E-state index contributed by atoms with van der Waals surface area (Å²) in [5.74, 6) is -1.48. The molecule has 4 saturated carbocycles. The molecule has 40 heavy (non-hydrogen) atoms. The van der Waals surface area contributed by atoms with Gasteiger partial charge in [0.15, 0.2) is 0 Å². The number of esters is 2. The maximum absolute atomic E-state index is 14.0. The van der Waals surface area contributed by atoms with Crippen molar-refractivity contribution in [2.24, 2.45) is 58.2 Å². The molecule has 7 nitrogen and oxygen atoms in total. The molecule has 0 aromatic heterocycles. The molecular weight excluding hydrogens is 508 g/mol. The van der Waals surface area contributed by atoms with E-state index in [0.29, 0.717) is 42.8 Å². The van der Waals surface area contributed by atoms with Crippen molar-refractivity contribution < 1.29 is 33.8 Å². The van der Waals surface area contributed by atoms with Crippen LogP contribution in [0.4, 0.5) is 0 Å². The average molecular weight is 561 g/mol. The number of methoxy groups -OCH3 is 1. The Hall–Kier alpha value is -1.76. The van der Waals surface area contributed by atoms with E-state index in [2.05, 4.69) is 13.8 Å². The molecular formula is C33H52O7. The van der Waals surface area contributed by atoms with Crippen molar-refractivity contribution in [2.75, 3.05) is 7.11 Å². The second-order valence-electron chi connectivity index (χ2n) is 15.1. The fourth-order valence-corrected chi connectivity index (χ4v) is 10.5. The predicted octanol–water partition coefficient (Wildman–Crippen LogP) is 5.55. The normalized spacial score (nSPS) is 39.6. The number of fused-ring (bicyclic) bond motifs is 5. The second-order valence-corrected chi connectivity index (χ2v) is 15.1. The number of ketones is 2. The number of hydrogen-bond donors (Lipinski definition) is 1. The number of hydrogen-bond acceptors (Lipinski definition) is 7. The highest BCUT2D eigenvalue weighted by molar-refractivity contribution is 5.87. The van der Waals surface area contributed by atoms with Crippen LogP contribution in [0, 0.1) is 58.2 Å². The minimum absolute atomic E-state index is 0.0391. The molecule has 0 radical (unpaired) electrons. The molecule has 11 atom stereocenters. The van der Waals surface area contributed by atoms with E-state index in [1.165, 1.54) is 14.0 Å². The first-order valence-corrected chi connectivity index (χ1v) is 15.5. The van der Waals surface area contributed by atoms with E-state index in [9.17, 15) is 24.3 Å². The van der Waals surface area contributed by atoms with Gasteiger partial charge in [0.1, 0.15) is 17.2 Å². The zero-order chi connectivity index (χ0) is 30.0. The number of ether oxygens (including phenoxy) is 2. The Morgan fingerprint density at radius 1 is 0.975 bits per heavy atom. The maximum atomic E-state index is 14.0. The van der Waals surface area contributed by atoms with Gasteiger partial charge in [0.05, 0.1) is 24.5 Å². The number of carbonyl (C=O) groups is 4. The van der Waals surface area contributed by atoms with E-state index in [1.54, 1.807) is 6.92 Å². The third-order valence-electron chi connectivity index (χ3n) is 12.8. The van der Waals surface area contributed by atoms with Crippen LogP contribution in [0.2, 0.25) is 0 Å². The van der Waals surface area contributed by atoms with E-state index in [0.717, 1.165) is 32.1 Å². The Morgan fingerprint density at radius 3 is 2.23 bits per heavy atom. The lowest BCUT2D eigenvalue weighted by Crippen LogP contribution is -2.59. The molecule has 0 bridgehead atoms. The highest BCUT2D eigenvalue weighted by atomic mass is 16.6. The Morgan fingerprint density at radius 2 is 1.62 bits per heavy atom. The van der Waals surface area contributed by atoms with Crippen LogP contribution >= 0.6 is 0 Å². The summed E-state index contributed by atoms with van der Waals surface area (Å²) in [5, 5.41) is 12.4. The second kappa shape index (κ2) is 10.5. The first kappa shape index (κ1) is 31.2. The summed E-state index contributed by atoms with van der Waals surface area (Å²) in [6.07, 6.45) is 6.56. The summed E-state index contributed by atoms with van der Waals surface area (Å²) in [6, 6.07) is 0. The smallest absolute Gasteiger partial charge is 0.311 e. The SMILES string of the molecule is COC(=O)C([C@@H](C)[C@H](C)C(C)(C)OC(C)=O)[C@](C)(O)C1C(=O)CC2C3CCC4CC(=O)CC[C@]4(C)C3CC[C@@]21C. The summed E-state index contributed by atoms with van der Waals surface area (Å²) in [4.78, 5) is 51.5. The lowest BCUT2D eigenvalue weighted by molar-refractivity contribution is -0.186.